The highest BCUT2D eigenvalue weighted by molar-refractivity contribution is 5.77. The number of amides is 2. The van der Waals surface area contributed by atoms with Gasteiger partial charge in [-0.05, 0) is 74.2 Å². The molecule has 0 saturated carbocycles. The van der Waals surface area contributed by atoms with E-state index in [1.165, 1.54) is 13.2 Å². The van der Waals surface area contributed by atoms with E-state index < -0.39 is 11.7 Å². The number of hydrogen-bond donors (Lipinski definition) is 3. The average Bonchev–Trinajstić information content (AvgIpc) is 3.48. The van der Waals surface area contributed by atoms with Gasteiger partial charge in [0, 0.05) is 43.6 Å². The maximum atomic E-state index is 15.6. The minimum atomic E-state index is -1.40. The molecule has 0 bridgehead atoms. The molecule has 2 aromatic carbocycles. The van der Waals surface area contributed by atoms with Crippen molar-refractivity contribution in [2.45, 2.75) is 69.9 Å². The number of nitrogens with zero attached hydrogens (tertiary/aromatic N) is 1. The lowest BCUT2D eigenvalue weighted by Crippen LogP contribution is -2.49. The topological polar surface area (TPSA) is 90.9 Å². The quantitative estimate of drug-likeness (QED) is 0.379. The number of carbonyl (C=O) groups excluding carboxylic acids is 2. The van der Waals surface area contributed by atoms with Crippen LogP contribution < -0.4 is 10.6 Å². The number of nitrogens with one attached hydrogen (secondary N) is 2. The molecular weight excluding hydrogens is 497 g/mol. The molecule has 0 radical (unpaired) electrons. The van der Waals surface area contributed by atoms with Gasteiger partial charge >= 0.3 is 6.09 Å². The van der Waals surface area contributed by atoms with Crippen LogP contribution in [0.25, 0.3) is 11.1 Å². The van der Waals surface area contributed by atoms with Gasteiger partial charge in [0.15, 0.2) is 0 Å². The van der Waals surface area contributed by atoms with Gasteiger partial charge in [0.1, 0.15) is 5.82 Å². The van der Waals surface area contributed by atoms with Gasteiger partial charge in [-0.3, -0.25) is 4.79 Å². The second-order valence-corrected chi connectivity index (χ2v) is 10.8. The maximum absolute atomic E-state index is 15.6. The van der Waals surface area contributed by atoms with Gasteiger partial charge in [-0.2, -0.15) is 0 Å². The largest absolute Gasteiger partial charge is 0.453 e. The Morgan fingerprint density at radius 3 is 2.77 bits per heavy atom. The molecule has 212 valence electrons. The van der Waals surface area contributed by atoms with Crippen LogP contribution in [0.15, 0.2) is 42.5 Å². The summed E-state index contributed by atoms with van der Waals surface area (Å²) in [5, 5.41) is 18.6. The summed E-state index contributed by atoms with van der Waals surface area (Å²) in [6.45, 7) is 4.39. The number of rotatable bonds is 10. The molecule has 0 aromatic heterocycles. The molecule has 4 rings (SSSR count). The lowest BCUT2D eigenvalue weighted by atomic mass is 9.72. The number of ether oxygens (including phenoxy) is 1. The molecule has 2 saturated heterocycles. The molecule has 0 aliphatic carbocycles. The Morgan fingerprint density at radius 1 is 1.21 bits per heavy atom. The fourth-order valence-corrected chi connectivity index (χ4v) is 6.17. The average molecular weight is 540 g/mol. The second kappa shape index (κ2) is 13.4. The number of benzene rings is 2. The van der Waals surface area contributed by atoms with Gasteiger partial charge in [0.2, 0.25) is 5.91 Å². The summed E-state index contributed by atoms with van der Waals surface area (Å²) in [5.41, 5.74) is 1.34. The SMILES string of the molecule is CCc1cccc(-c2c(F)cccc2C(O)(CCCNC(=O)OC)[C@@H]2CCCN(C(=O)CC3CCCN3)C2)c1. The Kier molecular flexibility index (Phi) is 9.97. The summed E-state index contributed by atoms with van der Waals surface area (Å²) < 4.78 is 20.3. The number of likely N-dealkylation sites (tertiary alicyclic amines) is 1. The van der Waals surface area contributed by atoms with E-state index in [0.717, 1.165) is 49.8 Å². The van der Waals surface area contributed by atoms with Crippen LogP contribution in [0, 0.1) is 11.7 Å². The van der Waals surface area contributed by atoms with Gasteiger partial charge in [-0.15, -0.1) is 0 Å². The van der Waals surface area contributed by atoms with E-state index >= 15 is 4.39 Å². The predicted molar refractivity (Wildman–Crippen MR) is 150 cm³/mol. The second-order valence-electron chi connectivity index (χ2n) is 10.8. The van der Waals surface area contributed by atoms with E-state index in [1.807, 2.05) is 35.2 Å². The van der Waals surface area contributed by atoms with Gasteiger partial charge in [0.05, 0.1) is 12.7 Å². The third-order valence-corrected chi connectivity index (χ3v) is 8.33. The third kappa shape index (κ3) is 6.97. The van der Waals surface area contributed by atoms with Crippen LogP contribution in [0.1, 0.15) is 63.0 Å². The highest BCUT2D eigenvalue weighted by atomic mass is 19.1. The molecule has 2 heterocycles. The smallest absolute Gasteiger partial charge is 0.406 e. The first-order chi connectivity index (χ1) is 18.9. The maximum Gasteiger partial charge on any atom is 0.406 e. The molecule has 2 aliphatic rings. The molecule has 8 heteroatoms. The lowest BCUT2D eigenvalue weighted by molar-refractivity contribution is -0.137. The van der Waals surface area contributed by atoms with E-state index in [1.54, 1.807) is 6.07 Å². The molecule has 2 aliphatic heterocycles. The number of halogens is 1. The highest BCUT2D eigenvalue weighted by Gasteiger charge is 2.43. The summed E-state index contributed by atoms with van der Waals surface area (Å²) >= 11 is 0. The number of carbonyl (C=O) groups is 2. The van der Waals surface area contributed by atoms with Crippen LogP contribution in [-0.2, 0) is 21.6 Å². The minimum absolute atomic E-state index is 0.101. The molecule has 2 aromatic rings. The standard InChI is InChI=1S/C31H42FN3O4/c1-3-22-9-4-10-23(19-22)29-26(13-5-14-27(29)32)31(38,15-8-17-34-30(37)39-2)24-11-7-18-35(21-24)28(36)20-25-12-6-16-33-25/h4-5,9-10,13-14,19,24-25,33,38H,3,6-8,11-12,15-18,20-21H2,1-2H3,(H,34,37)/t24-,25?,31?/m1/s1. The van der Waals surface area contributed by atoms with Gasteiger partial charge in [-0.1, -0.05) is 43.3 Å². The number of methoxy groups -OCH3 is 1. The molecule has 2 amide bonds. The van der Waals surface area contributed by atoms with Gasteiger partial charge in [-0.25, -0.2) is 9.18 Å². The first-order valence-corrected chi connectivity index (χ1v) is 14.3. The van der Waals surface area contributed by atoms with Crippen molar-refractivity contribution in [2.24, 2.45) is 5.92 Å². The van der Waals surface area contributed by atoms with Crippen LogP contribution in [-0.4, -0.2) is 61.3 Å². The lowest BCUT2D eigenvalue weighted by Gasteiger charge is -2.44. The van der Waals surface area contributed by atoms with E-state index in [-0.39, 0.29) is 23.7 Å². The molecule has 3 N–H and O–H groups in total. The zero-order valence-electron chi connectivity index (χ0n) is 23.2. The van der Waals surface area contributed by atoms with Crippen LogP contribution in [0.5, 0.6) is 0 Å². The first kappa shape index (κ1) is 29.0. The van der Waals surface area contributed by atoms with Crippen molar-refractivity contribution >= 4 is 12.0 Å². The molecule has 3 atom stereocenters. The summed E-state index contributed by atoms with van der Waals surface area (Å²) in [5.74, 6) is -0.563. The molecule has 39 heavy (non-hydrogen) atoms. The van der Waals surface area contributed by atoms with Crippen molar-refractivity contribution < 1.29 is 23.8 Å². The summed E-state index contributed by atoms with van der Waals surface area (Å²) in [6.07, 6.45) is 5.09. The van der Waals surface area contributed by atoms with Crippen LogP contribution >= 0.6 is 0 Å². The van der Waals surface area contributed by atoms with Crippen molar-refractivity contribution in [1.82, 2.24) is 15.5 Å². The van der Waals surface area contributed by atoms with Crippen LogP contribution in [0.2, 0.25) is 0 Å². The zero-order chi connectivity index (χ0) is 27.8. The zero-order valence-corrected chi connectivity index (χ0v) is 23.2. The molecule has 2 fully saturated rings. The fraction of sp³-hybridized carbons (Fsp3) is 0.548. The Morgan fingerprint density at radius 2 is 2.03 bits per heavy atom. The summed E-state index contributed by atoms with van der Waals surface area (Å²) in [4.78, 5) is 26.7. The predicted octanol–water partition coefficient (Wildman–Crippen LogP) is 4.76. The molecule has 0 spiro atoms. The summed E-state index contributed by atoms with van der Waals surface area (Å²) in [6, 6.07) is 12.9. The normalized spacial score (nSPS) is 20.9. The van der Waals surface area contributed by atoms with Crippen molar-refractivity contribution in [3.63, 3.8) is 0 Å². The van der Waals surface area contributed by atoms with E-state index in [9.17, 15) is 14.7 Å². The number of piperidine rings is 1. The Hall–Kier alpha value is -2.97. The van der Waals surface area contributed by atoms with Gasteiger partial charge in [0.25, 0.3) is 0 Å². The third-order valence-electron chi connectivity index (χ3n) is 8.33. The van der Waals surface area contributed by atoms with Crippen molar-refractivity contribution in [3.8, 4) is 11.1 Å². The van der Waals surface area contributed by atoms with Crippen molar-refractivity contribution in [1.29, 1.82) is 0 Å². The van der Waals surface area contributed by atoms with E-state index in [4.69, 9.17) is 0 Å². The van der Waals surface area contributed by atoms with E-state index in [2.05, 4.69) is 22.3 Å². The van der Waals surface area contributed by atoms with Gasteiger partial charge < -0.3 is 25.4 Å². The number of hydrogen-bond acceptors (Lipinski definition) is 5. The minimum Gasteiger partial charge on any atom is -0.453 e. The Bertz CT molecular complexity index is 1140. The number of aryl methyl sites for hydroxylation is 1. The van der Waals surface area contributed by atoms with E-state index in [0.29, 0.717) is 50.0 Å². The monoisotopic (exact) mass is 539 g/mol. The Labute approximate surface area is 231 Å². The number of aliphatic hydroxyl groups is 1. The highest BCUT2D eigenvalue weighted by Crippen LogP contribution is 2.44. The Balaban J connectivity index is 1.66. The molecule has 2 unspecified atom stereocenters. The number of alkyl carbamates (subject to hydrolysis) is 1. The summed E-state index contributed by atoms with van der Waals surface area (Å²) in [7, 11) is 1.31. The molecule has 7 nitrogen and oxygen atoms in total. The first-order valence-electron chi connectivity index (χ1n) is 14.3. The molecular formula is C31H42FN3O4. The van der Waals surface area contributed by atoms with Crippen molar-refractivity contribution in [2.75, 3.05) is 33.3 Å². The van der Waals surface area contributed by atoms with Crippen LogP contribution in [0.3, 0.4) is 0 Å². The van der Waals surface area contributed by atoms with Crippen LogP contribution in [0.4, 0.5) is 9.18 Å². The van der Waals surface area contributed by atoms with Crippen molar-refractivity contribution in [3.05, 3.63) is 59.4 Å². The fourth-order valence-electron chi connectivity index (χ4n) is 6.17.